The molecule has 4 heterocycles. The van der Waals surface area contributed by atoms with E-state index in [1.165, 1.54) is 11.1 Å². The summed E-state index contributed by atoms with van der Waals surface area (Å²) in [5, 5.41) is 6.92. The summed E-state index contributed by atoms with van der Waals surface area (Å²) in [6.07, 6.45) is -0.323. The summed E-state index contributed by atoms with van der Waals surface area (Å²) in [4.78, 5) is 46.8. The molecule has 0 bridgehead atoms. The highest BCUT2D eigenvalue weighted by Gasteiger charge is 2.45. The Morgan fingerprint density at radius 3 is 2.43 bits per heavy atom. The van der Waals surface area contributed by atoms with Crippen molar-refractivity contribution in [2.45, 2.75) is 77.4 Å². The highest BCUT2D eigenvalue weighted by atomic mass is 19.3. The van der Waals surface area contributed by atoms with E-state index in [-0.39, 0.29) is 30.4 Å². The second-order valence-corrected chi connectivity index (χ2v) is 12.2. The molecule has 3 amide bonds. The lowest BCUT2D eigenvalue weighted by molar-refractivity contribution is -0.134. The van der Waals surface area contributed by atoms with Gasteiger partial charge in [0, 0.05) is 24.8 Å². The fourth-order valence-corrected chi connectivity index (χ4v) is 5.32. The number of alkyl halides is 2. The number of likely N-dealkylation sites (tertiary alicyclic amines) is 1. The van der Waals surface area contributed by atoms with E-state index in [9.17, 15) is 23.2 Å². The summed E-state index contributed by atoms with van der Waals surface area (Å²) in [5.41, 5.74) is 1.42. The number of carbonyl (C=O) groups is 3. The SMILES string of the molecule is CC(C)(C)OC(=O)N1CCC(c2ccc3c(c2)C(C)(C)C(=O)N(Cc2ccc(-c4nnc(C(F)F)o4)cn2)C3=O)CC1. The molecule has 0 spiro atoms. The van der Waals surface area contributed by atoms with Crippen LogP contribution in [-0.2, 0) is 21.5 Å². The summed E-state index contributed by atoms with van der Waals surface area (Å²) in [6, 6.07) is 8.81. The average Bonchev–Trinajstić information content (AvgIpc) is 3.45. The molecule has 0 aliphatic carbocycles. The van der Waals surface area contributed by atoms with E-state index >= 15 is 0 Å². The van der Waals surface area contributed by atoms with E-state index in [4.69, 9.17) is 9.15 Å². The molecule has 5 rings (SSSR count). The van der Waals surface area contributed by atoms with Gasteiger partial charge in [-0.25, -0.2) is 4.79 Å². The van der Waals surface area contributed by atoms with Crippen molar-refractivity contribution in [3.05, 3.63) is 64.8 Å². The molecule has 222 valence electrons. The Labute approximate surface area is 242 Å². The molecular weight excluding hydrogens is 548 g/mol. The molecule has 42 heavy (non-hydrogen) atoms. The zero-order valence-corrected chi connectivity index (χ0v) is 24.2. The summed E-state index contributed by atoms with van der Waals surface area (Å²) in [6.45, 7) is 10.2. The molecule has 0 radical (unpaired) electrons. The summed E-state index contributed by atoms with van der Waals surface area (Å²) >= 11 is 0. The van der Waals surface area contributed by atoms with Crippen LogP contribution in [0.4, 0.5) is 13.6 Å². The number of hydrogen-bond donors (Lipinski definition) is 0. The fraction of sp³-hybridized carbons (Fsp3) is 0.467. The minimum atomic E-state index is -2.88. The molecule has 1 saturated heterocycles. The number of nitrogens with zero attached hydrogens (tertiary/aromatic N) is 5. The lowest BCUT2D eigenvalue weighted by atomic mass is 9.75. The van der Waals surface area contributed by atoms with Crippen LogP contribution in [-0.4, -0.2) is 61.6 Å². The van der Waals surface area contributed by atoms with Gasteiger partial charge in [-0.05, 0) is 82.7 Å². The Kier molecular flexibility index (Phi) is 7.59. The van der Waals surface area contributed by atoms with Crippen LogP contribution >= 0.6 is 0 Å². The van der Waals surface area contributed by atoms with Gasteiger partial charge in [-0.3, -0.25) is 19.5 Å². The second-order valence-electron chi connectivity index (χ2n) is 12.2. The minimum Gasteiger partial charge on any atom is -0.444 e. The fourth-order valence-electron chi connectivity index (χ4n) is 5.32. The third kappa shape index (κ3) is 5.75. The number of hydrogen-bond acceptors (Lipinski definition) is 8. The highest BCUT2D eigenvalue weighted by molar-refractivity contribution is 6.12. The predicted molar refractivity (Wildman–Crippen MR) is 147 cm³/mol. The Morgan fingerprint density at radius 1 is 1.12 bits per heavy atom. The molecule has 2 aliphatic heterocycles. The molecule has 1 aromatic carbocycles. The van der Waals surface area contributed by atoms with Crippen molar-refractivity contribution in [2.75, 3.05) is 13.1 Å². The van der Waals surface area contributed by atoms with Crippen LogP contribution in [0.25, 0.3) is 11.5 Å². The number of ether oxygens (including phenoxy) is 1. The number of aromatic nitrogens is 3. The standard InChI is InChI=1S/C30H33F2N5O5/c1-29(2,3)42-28(40)36-12-10-17(11-13-36)18-7-9-21-22(14-18)30(4,5)27(39)37(26(21)38)16-20-8-6-19(15-33-20)24-34-35-25(41-24)23(31)32/h6-9,14-15,17,23H,10-13,16H2,1-5H3. The number of amides is 3. The first kappa shape index (κ1) is 29.3. The molecule has 1 fully saturated rings. The highest BCUT2D eigenvalue weighted by Crippen LogP contribution is 2.39. The van der Waals surface area contributed by atoms with Crippen LogP contribution < -0.4 is 0 Å². The molecule has 10 nitrogen and oxygen atoms in total. The van der Waals surface area contributed by atoms with E-state index in [2.05, 4.69) is 15.2 Å². The number of halogens is 2. The maximum atomic E-state index is 13.6. The van der Waals surface area contributed by atoms with Crippen molar-refractivity contribution in [3.8, 4) is 11.5 Å². The van der Waals surface area contributed by atoms with Crippen LogP contribution in [0.5, 0.6) is 0 Å². The van der Waals surface area contributed by atoms with Gasteiger partial charge in [0.1, 0.15) is 5.60 Å². The maximum Gasteiger partial charge on any atom is 0.410 e. The van der Waals surface area contributed by atoms with Crippen molar-refractivity contribution >= 4 is 17.9 Å². The maximum absolute atomic E-state index is 13.6. The molecule has 0 N–H and O–H groups in total. The van der Waals surface area contributed by atoms with Gasteiger partial charge in [0.2, 0.25) is 11.8 Å². The summed E-state index contributed by atoms with van der Waals surface area (Å²) in [5.74, 6) is -1.46. The van der Waals surface area contributed by atoms with Gasteiger partial charge in [-0.1, -0.05) is 12.1 Å². The van der Waals surface area contributed by atoms with Crippen LogP contribution in [0, 0.1) is 0 Å². The van der Waals surface area contributed by atoms with Crippen molar-refractivity contribution in [3.63, 3.8) is 0 Å². The van der Waals surface area contributed by atoms with Gasteiger partial charge < -0.3 is 14.1 Å². The number of piperidine rings is 1. The zero-order valence-electron chi connectivity index (χ0n) is 24.2. The van der Waals surface area contributed by atoms with Gasteiger partial charge in [-0.15, -0.1) is 10.2 Å². The van der Waals surface area contributed by atoms with Gasteiger partial charge in [-0.2, -0.15) is 8.78 Å². The quantitative estimate of drug-likeness (QED) is 0.355. The van der Waals surface area contributed by atoms with Gasteiger partial charge in [0.25, 0.3) is 11.8 Å². The van der Waals surface area contributed by atoms with Crippen molar-refractivity contribution in [1.29, 1.82) is 0 Å². The Bertz CT molecular complexity index is 1500. The number of pyridine rings is 1. The van der Waals surface area contributed by atoms with Gasteiger partial charge in [0.05, 0.1) is 23.2 Å². The smallest absolute Gasteiger partial charge is 0.410 e. The molecule has 2 aliphatic rings. The van der Waals surface area contributed by atoms with Crippen LogP contribution in [0.3, 0.4) is 0 Å². The lowest BCUT2D eigenvalue weighted by Crippen LogP contribution is -2.51. The molecule has 3 aromatic rings. The first-order chi connectivity index (χ1) is 19.7. The molecule has 2 aromatic heterocycles. The van der Waals surface area contributed by atoms with E-state index in [0.29, 0.717) is 35.5 Å². The number of imide groups is 1. The largest absolute Gasteiger partial charge is 0.444 e. The lowest BCUT2D eigenvalue weighted by Gasteiger charge is -2.38. The van der Waals surface area contributed by atoms with Crippen molar-refractivity contribution in [1.82, 2.24) is 25.0 Å². The zero-order chi connectivity index (χ0) is 30.4. The molecule has 0 atom stereocenters. The average molecular weight is 582 g/mol. The monoisotopic (exact) mass is 581 g/mol. The first-order valence-electron chi connectivity index (χ1n) is 13.8. The third-order valence-corrected chi connectivity index (χ3v) is 7.61. The second kappa shape index (κ2) is 10.9. The number of benzene rings is 1. The van der Waals surface area contributed by atoms with E-state index in [1.54, 1.807) is 36.9 Å². The van der Waals surface area contributed by atoms with E-state index in [0.717, 1.165) is 18.4 Å². The number of fused-ring (bicyclic) bond motifs is 1. The summed E-state index contributed by atoms with van der Waals surface area (Å²) < 4.78 is 36.0. The first-order valence-corrected chi connectivity index (χ1v) is 13.8. The van der Waals surface area contributed by atoms with Crippen molar-refractivity contribution in [2.24, 2.45) is 0 Å². The molecular formula is C30H33F2N5O5. The van der Waals surface area contributed by atoms with E-state index in [1.807, 2.05) is 32.9 Å². The minimum absolute atomic E-state index is 0.0577. The van der Waals surface area contributed by atoms with Crippen molar-refractivity contribution < 1.29 is 32.3 Å². The van der Waals surface area contributed by atoms with E-state index < -0.39 is 29.2 Å². The Morgan fingerprint density at radius 2 is 1.83 bits per heavy atom. The molecule has 0 unspecified atom stereocenters. The van der Waals surface area contributed by atoms with Gasteiger partial charge in [0.15, 0.2) is 0 Å². The van der Waals surface area contributed by atoms with Crippen LogP contribution in [0.2, 0.25) is 0 Å². The number of rotatable bonds is 5. The number of carbonyl (C=O) groups excluding carboxylic acids is 3. The van der Waals surface area contributed by atoms with Crippen LogP contribution in [0.1, 0.15) is 92.9 Å². The molecule has 12 heteroatoms. The third-order valence-electron chi connectivity index (χ3n) is 7.61. The normalized spacial score (nSPS) is 17.5. The summed E-state index contributed by atoms with van der Waals surface area (Å²) in [7, 11) is 0. The Hall–Kier alpha value is -4.22. The Balaban J connectivity index is 1.30. The molecule has 0 saturated carbocycles. The topological polar surface area (TPSA) is 119 Å². The van der Waals surface area contributed by atoms with Crippen LogP contribution in [0.15, 0.2) is 40.9 Å². The van der Waals surface area contributed by atoms with Gasteiger partial charge >= 0.3 is 12.5 Å². The predicted octanol–water partition coefficient (Wildman–Crippen LogP) is 5.64.